The second kappa shape index (κ2) is 9.70. The van der Waals surface area contributed by atoms with Crippen molar-refractivity contribution in [1.29, 1.82) is 0 Å². The van der Waals surface area contributed by atoms with Gasteiger partial charge in [0.1, 0.15) is 6.04 Å². The quantitative estimate of drug-likeness (QED) is 0.307. The maximum Gasteiger partial charge on any atom is 0.338 e. The number of nitrogens with one attached hydrogen (secondary N) is 1. The average Bonchev–Trinajstić information content (AvgIpc) is 3.63. The molecule has 5 aromatic rings. The number of aromatic amines is 1. The molecule has 8 heteroatoms. The Labute approximate surface area is 226 Å². The number of benzene rings is 2. The minimum Gasteiger partial charge on any atom is -0.463 e. The molecule has 3 aromatic heterocycles. The zero-order valence-electron chi connectivity index (χ0n) is 21.1. The molecule has 0 saturated carbocycles. The summed E-state index contributed by atoms with van der Waals surface area (Å²) in [5, 5.41) is 3.00. The maximum atomic E-state index is 14.0. The van der Waals surface area contributed by atoms with Crippen LogP contribution in [0.2, 0.25) is 0 Å². The van der Waals surface area contributed by atoms with Crippen molar-refractivity contribution in [3.05, 3.63) is 113 Å². The summed E-state index contributed by atoms with van der Waals surface area (Å²) in [5.41, 5.74) is 5.89. The first-order valence-electron chi connectivity index (χ1n) is 12.4. The van der Waals surface area contributed by atoms with Crippen molar-refractivity contribution >= 4 is 45.6 Å². The average molecular weight is 540 g/mol. The van der Waals surface area contributed by atoms with Crippen LogP contribution in [-0.2, 0) is 9.53 Å². The number of nitrogens with zero attached hydrogens (tertiary/aromatic N) is 2. The van der Waals surface area contributed by atoms with E-state index in [9.17, 15) is 9.59 Å². The van der Waals surface area contributed by atoms with Crippen molar-refractivity contribution in [2.24, 2.45) is 4.99 Å². The van der Waals surface area contributed by atoms with E-state index in [4.69, 9.17) is 9.73 Å². The molecule has 0 fully saturated rings. The van der Waals surface area contributed by atoms with Gasteiger partial charge in [0.15, 0.2) is 4.80 Å². The minimum atomic E-state index is -0.578. The monoisotopic (exact) mass is 539 g/mol. The molecule has 4 heterocycles. The molecule has 38 heavy (non-hydrogen) atoms. The molecular formula is C30H25N3O3S2. The van der Waals surface area contributed by atoms with Crippen LogP contribution < -0.4 is 14.9 Å². The molecule has 0 amide bonds. The molecule has 2 aromatic carbocycles. The van der Waals surface area contributed by atoms with Gasteiger partial charge in [-0.1, -0.05) is 59.4 Å². The number of fused-ring (bicyclic) bond motifs is 2. The van der Waals surface area contributed by atoms with Gasteiger partial charge in [-0.15, -0.1) is 11.3 Å². The molecule has 0 bridgehead atoms. The summed E-state index contributed by atoms with van der Waals surface area (Å²) in [7, 11) is 0. The number of hydrogen-bond donors (Lipinski definition) is 1. The predicted molar refractivity (Wildman–Crippen MR) is 153 cm³/mol. The number of thiazole rings is 1. The highest BCUT2D eigenvalue weighted by Crippen LogP contribution is 2.34. The van der Waals surface area contributed by atoms with Gasteiger partial charge in [0, 0.05) is 21.3 Å². The van der Waals surface area contributed by atoms with E-state index in [1.165, 1.54) is 22.7 Å². The number of carbonyl (C=O) groups is 1. The van der Waals surface area contributed by atoms with Crippen molar-refractivity contribution in [1.82, 2.24) is 9.55 Å². The summed E-state index contributed by atoms with van der Waals surface area (Å²) < 4.78 is 7.58. The van der Waals surface area contributed by atoms with Crippen molar-refractivity contribution in [2.75, 3.05) is 6.61 Å². The third-order valence-electron chi connectivity index (χ3n) is 6.66. The third kappa shape index (κ3) is 4.06. The number of rotatable bonds is 5. The Morgan fingerprint density at radius 2 is 1.95 bits per heavy atom. The Morgan fingerprint density at radius 1 is 1.13 bits per heavy atom. The van der Waals surface area contributed by atoms with Crippen LogP contribution in [0.3, 0.4) is 0 Å². The first kappa shape index (κ1) is 24.3. The number of ether oxygens (including phenoxy) is 1. The van der Waals surface area contributed by atoms with E-state index < -0.39 is 12.0 Å². The van der Waals surface area contributed by atoms with Gasteiger partial charge in [-0.05, 0) is 56.0 Å². The van der Waals surface area contributed by atoms with E-state index in [1.54, 1.807) is 18.4 Å². The molecule has 0 radical (unpaired) electrons. The maximum absolute atomic E-state index is 14.0. The van der Waals surface area contributed by atoms with Crippen molar-refractivity contribution in [3.63, 3.8) is 0 Å². The highest BCUT2D eigenvalue weighted by Gasteiger charge is 2.34. The van der Waals surface area contributed by atoms with Gasteiger partial charge in [-0.25, -0.2) is 9.79 Å². The van der Waals surface area contributed by atoms with Crippen LogP contribution in [0.5, 0.6) is 0 Å². The van der Waals surface area contributed by atoms with E-state index in [-0.39, 0.29) is 12.2 Å². The van der Waals surface area contributed by atoms with Gasteiger partial charge in [0.2, 0.25) is 0 Å². The van der Waals surface area contributed by atoms with Crippen LogP contribution in [0.1, 0.15) is 35.9 Å². The van der Waals surface area contributed by atoms with Crippen LogP contribution in [0.4, 0.5) is 0 Å². The molecule has 1 aliphatic rings. The summed E-state index contributed by atoms with van der Waals surface area (Å²) in [5.74, 6) is -0.445. The van der Waals surface area contributed by atoms with Crippen molar-refractivity contribution in [3.8, 4) is 11.3 Å². The Morgan fingerprint density at radius 3 is 2.68 bits per heavy atom. The topological polar surface area (TPSA) is 76.4 Å². The van der Waals surface area contributed by atoms with Gasteiger partial charge >= 0.3 is 5.97 Å². The molecule has 0 spiro atoms. The highest BCUT2D eigenvalue weighted by atomic mass is 32.1. The molecule has 1 aliphatic heterocycles. The smallest absolute Gasteiger partial charge is 0.338 e. The Balaban J connectivity index is 1.61. The number of hydrogen-bond acceptors (Lipinski definition) is 6. The summed E-state index contributed by atoms with van der Waals surface area (Å²) in [4.78, 5) is 36.8. The number of allylic oxidation sites excluding steroid dienone is 1. The molecular weight excluding hydrogens is 514 g/mol. The van der Waals surface area contributed by atoms with Crippen molar-refractivity contribution in [2.45, 2.75) is 26.8 Å². The third-order valence-corrected chi connectivity index (χ3v) is 8.57. The number of thiophene rings is 1. The van der Waals surface area contributed by atoms with Gasteiger partial charge in [0.25, 0.3) is 5.56 Å². The Bertz CT molecular complexity index is 1890. The van der Waals surface area contributed by atoms with Crippen LogP contribution in [0, 0.1) is 6.92 Å². The number of aromatic nitrogens is 2. The van der Waals surface area contributed by atoms with Gasteiger partial charge in [0.05, 0.1) is 28.1 Å². The predicted octanol–water partition coefficient (Wildman–Crippen LogP) is 5.32. The number of H-pyrrole nitrogens is 1. The number of esters is 1. The SMILES string of the molecule is CCOC(=O)C1=C(C)N=c2s/c(=C/c3c(-c4ccccc4)[nH]c4ccc(C)cc34)c(=O)n2C1c1cccs1. The fourth-order valence-corrected chi connectivity index (χ4v) is 6.80. The lowest BCUT2D eigenvalue weighted by Gasteiger charge is -2.23. The standard InChI is InChI=1S/C30H25N3O3S2/c1-4-36-29(35)25-18(3)31-30-33(27(25)23-11-8-14-37-23)28(34)24(38-30)16-21-20-15-17(2)12-13-22(20)32-26(21)19-9-6-5-7-10-19/h5-16,27,32H,4H2,1-3H3/b24-16+. The second-order valence-electron chi connectivity index (χ2n) is 9.15. The Hall–Kier alpha value is -4.01. The van der Waals surface area contributed by atoms with E-state index in [0.29, 0.717) is 20.6 Å². The molecule has 1 N–H and O–H groups in total. The lowest BCUT2D eigenvalue weighted by molar-refractivity contribution is -0.139. The molecule has 190 valence electrons. The summed E-state index contributed by atoms with van der Waals surface area (Å²) in [6, 6.07) is 19.7. The first-order chi connectivity index (χ1) is 18.5. The molecule has 1 atom stereocenters. The largest absolute Gasteiger partial charge is 0.463 e. The normalized spacial score (nSPS) is 15.6. The second-order valence-corrected chi connectivity index (χ2v) is 11.1. The van der Waals surface area contributed by atoms with Crippen molar-refractivity contribution < 1.29 is 9.53 Å². The fourth-order valence-electron chi connectivity index (χ4n) is 4.95. The zero-order valence-corrected chi connectivity index (χ0v) is 22.8. The zero-order chi connectivity index (χ0) is 26.4. The van der Waals surface area contributed by atoms with Gasteiger partial charge < -0.3 is 9.72 Å². The van der Waals surface area contributed by atoms with Crippen LogP contribution in [0.25, 0.3) is 28.2 Å². The lowest BCUT2D eigenvalue weighted by atomic mass is 10.0. The van der Waals surface area contributed by atoms with Crippen LogP contribution in [0.15, 0.2) is 87.1 Å². The number of carbonyl (C=O) groups excluding carboxylic acids is 1. The van der Waals surface area contributed by atoms with Crippen LogP contribution in [-0.4, -0.2) is 22.1 Å². The first-order valence-corrected chi connectivity index (χ1v) is 14.1. The molecule has 1 unspecified atom stereocenters. The lowest BCUT2D eigenvalue weighted by Crippen LogP contribution is -2.39. The van der Waals surface area contributed by atoms with Crippen LogP contribution >= 0.6 is 22.7 Å². The minimum absolute atomic E-state index is 0.178. The molecule has 0 saturated heterocycles. The van der Waals surface area contributed by atoms with E-state index in [2.05, 4.69) is 42.2 Å². The van der Waals surface area contributed by atoms with Gasteiger partial charge in [-0.3, -0.25) is 9.36 Å². The summed E-state index contributed by atoms with van der Waals surface area (Å²) in [6.07, 6.45) is 1.96. The highest BCUT2D eigenvalue weighted by molar-refractivity contribution is 7.10. The van der Waals surface area contributed by atoms with Gasteiger partial charge in [-0.2, -0.15) is 0 Å². The number of aryl methyl sites for hydroxylation is 1. The summed E-state index contributed by atoms with van der Waals surface area (Å²) >= 11 is 2.85. The fraction of sp³-hybridized carbons (Fsp3) is 0.167. The molecule has 0 aliphatic carbocycles. The molecule has 6 rings (SSSR count). The molecule has 6 nitrogen and oxygen atoms in total. The van der Waals surface area contributed by atoms with E-state index in [0.717, 1.165) is 38.2 Å². The van der Waals surface area contributed by atoms with E-state index >= 15 is 0 Å². The Kier molecular flexibility index (Phi) is 6.21. The van der Waals surface area contributed by atoms with E-state index in [1.807, 2.05) is 41.8 Å². The summed E-state index contributed by atoms with van der Waals surface area (Å²) in [6.45, 7) is 5.89.